The number of alkyl halides is 3. The summed E-state index contributed by atoms with van der Waals surface area (Å²) in [6.07, 6.45) is 1.07. The molecule has 0 saturated heterocycles. The highest BCUT2D eigenvalue weighted by Crippen LogP contribution is 2.37. The van der Waals surface area contributed by atoms with Crippen molar-refractivity contribution in [2.75, 3.05) is 0 Å². The molecule has 0 aromatic carbocycles. The third-order valence-electron chi connectivity index (χ3n) is 3.31. The van der Waals surface area contributed by atoms with Crippen molar-refractivity contribution < 1.29 is 17.6 Å². The van der Waals surface area contributed by atoms with Crippen LogP contribution >= 0.6 is 0 Å². The highest BCUT2D eigenvalue weighted by molar-refractivity contribution is 5.04. The van der Waals surface area contributed by atoms with Crippen LogP contribution in [-0.4, -0.2) is 12.2 Å². The van der Waals surface area contributed by atoms with Crippen molar-refractivity contribution in [1.82, 2.24) is 5.32 Å². The molecule has 1 saturated carbocycles. The summed E-state index contributed by atoms with van der Waals surface area (Å²) in [6, 6.07) is 1.78. The molecule has 1 aliphatic carbocycles. The van der Waals surface area contributed by atoms with Crippen molar-refractivity contribution in [3.05, 3.63) is 24.2 Å². The van der Waals surface area contributed by atoms with Crippen LogP contribution in [0.1, 0.15) is 31.2 Å². The number of hydrogen-bond donors (Lipinski definition) is 1. The van der Waals surface area contributed by atoms with Crippen molar-refractivity contribution in [1.29, 1.82) is 0 Å². The van der Waals surface area contributed by atoms with Gasteiger partial charge in [-0.1, -0.05) is 6.42 Å². The molecule has 2 rings (SSSR count). The normalized spacial score (nSPS) is 26.1. The van der Waals surface area contributed by atoms with Crippen molar-refractivity contribution in [2.45, 2.75) is 44.4 Å². The summed E-state index contributed by atoms with van der Waals surface area (Å²) in [5.74, 6) is -1.14. The Kier molecular flexibility index (Phi) is 3.76. The second-order valence-electron chi connectivity index (χ2n) is 4.61. The zero-order valence-corrected chi connectivity index (χ0v) is 9.46. The molecule has 1 aromatic heterocycles. The van der Waals surface area contributed by atoms with E-state index in [0.29, 0.717) is 13.0 Å². The van der Waals surface area contributed by atoms with Crippen molar-refractivity contribution >= 4 is 0 Å². The fraction of sp³-hybridized carbons (Fsp3) is 0.667. The van der Waals surface area contributed by atoms with E-state index >= 15 is 0 Å². The molecule has 1 aromatic rings. The predicted octanol–water partition coefficient (Wildman–Crippen LogP) is 3.49. The van der Waals surface area contributed by atoms with E-state index in [2.05, 4.69) is 5.32 Å². The molecule has 96 valence electrons. The van der Waals surface area contributed by atoms with Crippen LogP contribution in [0.15, 0.2) is 23.0 Å². The summed E-state index contributed by atoms with van der Waals surface area (Å²) < 4.78 is 42.7. The molecule has 1 heterocycles. The third-order valence-corrected chi connectivity index (χ3v) is 3.31. The van der Waals surface area contributed by atoms with Gasteiger partial charge in [0.1, 0.15) is 0 Å². The molecule has 0 radical (unpaired) electrons. The van der Waals surface area contributed by atoms with Gasteiger partial charge in [0.2, 0.25) is 0 Å². The van der Waals surface area contributed by atoms with Crippen molar-refractivity contribution in [3.63, 3.8) is 0 Å². The average molecular weight is 247 g/mol. The molecular formula is C12H16F3NO. The molecule has 0 spiro atoms. The van der Waals surface area contributed by atoms with Crippen LogP contribution < -0.4 is 5.32 Å². The lowest BCUT2D eigenvalue weighted by molar-refractivity contribution is -0.183. The van der Waals surface area contributed by atoms with Gasteiger partial charge in [-0.3, -0.25) is 0 Å². The van der Waals surface area contributed by atoms with E-state index in [0.717, 1.165) is 12.0 Å². The first-order chi connectivity index (χ1) is 8.05. The van der Waals surface area contributed by atoms with Gasteiger partial charge in [-0.05, 0) is 25.3 Å². The van der Waals surface area contributed by atoms with E-state index in [1.165, 1.54) is 0 Å². The SMILES string of the molecule is FC(F)(F)C1CCCC(NCc2ccoc2)C1. The van der Waals surface area contributed by atoms with Gasteiger partial charge in [0.05, 0.1) is 18.4 Å². The summed E-state index contributed by atoms with van der Waals surface area (Å²) in [7, 11) is 0. The zero-order valence-electron chi connectivity index (χ0n) is 9.46. The maximum absolute atomic E-state index is 12.6. The lowest BCUT2D eigenvalue weighted by Crippen LogP contribution is -2.38. The monoisotopic (exact) mass is 247 g/mol. The highest BCUT2D eigenvalue weighted by atomic mass is 19.4. The Labute approximate surface area is 98.2 Å². The molecule has 1 fully saturated rings. The van der Waals surface area contributed by atoms with E-state index < -0.39 is 12.1 Å². The first-order valence-corrected chi connectivity index (χ1v) is 5.87. The Hall–Kier alpha value is -0.970. The van der Waals surface area contributed by atoms with E-state index in [-0.39, 0.29) is 18.9 Å². The van der Waals surface area contributed by atoms with Gasteiger partial charge in [-0.25, -0.2) is 0 Å². The Morgan fingerprint density at radius 3 is 2.82 bits per heavy atom. The van der Waals surface area contributed by atoms with Gasteiger partial charge < -0.3 is 9.73 Å². The molecule has 0 bridgehead atoms. The van der Waals surface area contributed by atoms with Crippen LogP contribution in [0, 0.1) is 5.92 Å². The summed E-state index contributed by atoms with van der Waals surface area (Å²) >= 11 is 0. The molecule has 17 heavy (non-hydrogen) atoms. The summed E-state index contributed by atoms with van der Waals surface area (Å²) in [5, 5.41) is 3.17. The maximum atomic E-state index is 12.6. The van der Waals surface area contributed by atoms with Crippen molar-refractivity contribution in [3.8, 4) is 0 Å². The second kappa shape index (κ2) is 5.12. The van der Waals surface area contributed by atoms with E-state index in [1.54, 1.807) is 12.5 Å². The minimum atomic E-state index is -4.05. The summed E-state index contributed by atoms with van der Waals surface area (Å²) in [6.45, 7) is 0.575. The fourth-order valence-corrected chi connectivity index (χ4v) is 2.33. The highest BCUT2D eigenvalue weighted by Gasteiger charge is 2.41. The lowest BCUT2D eigenvalue weighted by Gasteiger charge is -2.31. The Morgan fingerprint density at radius 1 is 1.35 bits per heavy atom. The van der Waals surface area contributed by atoms with Crippen LogP contribution in [0.5, 0.6) is 0 Å². The quantitative estimate of drug-likeness (QED) is 0.884. The molecule has 5 heteroatoms. The van der Waals surface area contributed by atoms with Crippen LogP contribution in [-0.2, 0) is 6.54 Å². The van der Waals surface area contributed by atoms with Gasteiger partial charge in [-0.15, -0.1) is 0 Å². The largest absolute Gasteiger partial charge is 0.472 e. The molecule has 0 aliphatic heterocycles. The zero-order chi connectivity index (χ0) is 12.3. The average Bonchev–Trinajstić information content (AvgIpc) is 2.78. The van der Waals surface area contributed by atoms with Gasteiger partial charge in [0, 0.05) is 18.2 Å². The third kappa shape index (κ3) is 3.49. The summed E-state index contributed by atoms with van der Waals surface area (Å²) in [4.78, 5) is 0. The molecule has 1 N–H and O–H groups in total. The molecule has 2 nitrogen and oxygen atoms in total. The minimum absolute atomic E-state index is 0.0368. The van der Waals surface area contributed by atoms with E-state index in [1.807, 2.05) is 6.07 Å². The predicted molar refractivity (Wildman–Crippen MR) is 57.3 cm³/mol. The molecule has 2 unspecified atom stereocenters. The Balaban J connectivity index is 1.81. The smallest absolute Gasteiger partial charge is 0.391 e. The first-order valence-electron chi connectivity index (χ1n) is 5.87. The van der Waals surface area contributed by atoms with E-state index in [4.69, 9.17) is 4.42 Å². The summed E-state index contributed by atoms with van der Waals surface area (Å²) in [5.41, 5.74) is 0.971. The van der Waals surface area contributed by atoms with Crippen LogP contribution in [0.2, 0.25) is 0 Å². The van der Waals surface area contributed by atoms with Gasteiger partial charge in [0.25, 0.3) is 0 Å². The van der Waals surface area contributed by atoms with E-state index in [9.17, 15) is 13.2 Å². The maximum Gasteiger partial charge on any atom is 0.391 e. The van der Waals surface area contributed by atoms with Crippen LogP contribution in [0.25, 0.3) is 0 Å². The van der Waals surface area contributed by atoms with Crippen LogP contribution in [0.4, 0.5) is 13.2 Å². The topological polar surface area (TPSA) is 25.2 Å². The van der Waals surface area contributed by atoms with Gasteiger partial charge in [-0.2, -0.15) is 13.2 Å². The fourth-order valence-electron chi connectivity index (χ4n) is 2.33. The Morgan fingerprint density at radius 2 is 2.18 bits per heavy atom. The minimum Gasteiger partial charge on any atom is -0.472 e. The number of hydrogen-bond acceptors (Lipinski definition) is 2. The molecule has 1 aliphatic rings. The van der Waals surface area contributed by atoms with Gasteiger partial charge >= 0.3 is 6.18 Å². The molecular weight excluding hydrogens is 231 g/mol. The molecule has 0 amide bonds. The second-order valence-corrected chi connectivity index (χ2v) is 4.61. The first kappa shape index (κ1) is 12.5. The Bertz CT molecular complexity index is 334. The standard InChI is InChI=1S/C12H16F3NO/c13-12(14,15)10-2-1-3-11(6-10)16-7-9-4-5-17-8-9/h4-5,8,10-11,16H,1-3,6-7H2. The number of rotatable bonds is 3. The number of halogens is 3. The number of nitrogens with one attached hydrogen (secondary N) is 1. The van der Waals surface area contributed by atoms with Crippen LogP contribution in [0.3, 0.4) is 0 Å². The van der Waals surface area contributed by atoms with Crippen molar-refractivity contribution in [2.24, 2.45) is 5.92 Å². The van der Waals surface area contributed by atoms with Gasteiger partial charge in [0.15, 0.2) is 0 Å². The number of furan rings is 1. The lowest BCUT2D eigenvalue weighted by atomic mass is 9.85. The molecule has 2 atom stereocenters.